The molecule has 0 spiro atoms. The van der Waals surface area contributed by atoms with Crippen LogP contribution in [-0.4, -0.2) is 4.98 Å². The van der Waals surface area contributed by atoms with E-state index in [4.69, 9.17) is 4.98 Å². The lowest BCUT2D eigenvalue weighted by atomic mass is 9.91. The highest BCUT2D eigenvalue weighted by atomic mass is 14.7. The molecule has 0 saturated heterocycles. The predicted octanol–water partition coefficient (Wildman–Crippen LogP) is 7.03. The number of allylic oxidation sites excluding steroid dienone is 10. The van der Waals surface area contributed by atoms with E-state index in [1.165, 1.54) is 22.3 Å². The summed E-state index contributed by atoms with van der Waals surface area (Å²) in [6.07, 6.45) is 26.8. The molecular weight excluding hydrogens is 338 g/mol. The van der Waals surface area contributed by atoms with E-state index in [9.17, 15) is 0 Å². The first kappa shape index (κ1) is 18.2. The molecule has 1 heteroatoms. The van der Waals surface area contributed by atoms with Crippen LogP contribution >= 0.6 is 0 Å². The van der Waals surface area contributed by atoms with Crippen LogP contribution in [0, 0.1) is 6.92 Å². The van der Waals surface area contributed by atoms with Gasteiger partial charge in [0.25, 0.3) is 0 Å². The lowest BCUT2D eigenvalue weighted by Gasteiger charge is -2.17. The molecule has 0 amide bonds. The molecule has 0 atom stereocenters. The van der Waals surface area contributed by atoms with Crippen LogP contribution in [0.25, 0.3) is 23.4 Å². The Labute approximate surface area is 167 Å². The molecule has 138 valence electrons. The molecule has 0 aliphatic heterocycles. The molecule has 1 aromatic carbocycles. The largest absolute Gasteiger partial charge is 0.247 e. The molecule has 2 aromatic rings. The fourth-order valence-corrected chi connectivity index (χ4v) is 3.67. The zero-order chi connectivity index (χ0) is 19.2. The second kappa shape index (κ2) is 8.67. The van der Waals surface area contributed by atoms with Gasteiger partial charge in [-0.05, 0) is 55.0 Å². The van der Waals surface area contributed by atoms with Crippen molar-refractivity contribution < 1.29 is 0 Å². The average Bonchev–Trinajstić information content (AvgIpc) is 2.75. The number of hydrogen-bond donors (Lipinski definition) is 0. The van der Waals surface area contributed by atoms with Gasteiger partial charge < -0.3 is 0 Å². The van der Waals surface area contributed by atoms with Crippen molar-refractivity contribution in [1.29, 1.82) is 0 Å². The van der Waals surface area contributed by atoms with Crippen molar-refractivity contribution in [1.82, 2.24) is 4.98 Å². The first-order valence-electron chi connectivity index (χ1n) is 9.94. The monoisotopic (exact) mass is 363 g/mol. The summed E-state index contributed by atoms with van der Waals surface area (Å²) in [7, 11) is 0. The highest BCUT2D eigenvalue weighted by molar-refractivity contribution is 5.78. The lowest BCUT2D eigenvalue weighted by molar-refractivity contribution is 1.12. The molecule has 0 saturated carbocycles. The van der Waals surface area contributed by atoms with Crippen LogP contribution < -0.4 is 0 Å². The number of aromatic nitrogens is 1. The van der Waals surface area contributed by atoms with Crippen molar-refractivity contribution in [2.45, 2.75) is 26.2 Å². The predicted molar refractivity (Wildman–Crippen MR) is 121 cm³/mol. The van der Waals surface area contributed by atoms with Crippen molar-refractivity contribution in [3.63, 3.8) is 0 Å². The fourth-order valence-electron chi connectivity index (χ4n) is 3.67. The van der Waals surface area contributed by atoms with E-state index in [2.05, 4.69) is 104 Å². The van der Waals surface area contributed by atoms with Gasteiger partial charge in [0.05, 0.1) is 11.4 Å². The van der Waals surface area contributed by atoms with Crippen molar-refractivity contribution in [3.8, 4) is 11.3 Å². The van der Waals surface area contributed by atoms with Gasteiger partial charge in [0.15, 0.2) is 0 Å². The zero-order valence-corrected chi connectivity index (χ0v) is 16.3. The maximum absolute atomic E-state index is 5.15. The summed E-state index contributed by atoms with van der Waals surface area (Å²) in [5.41, 5.74) is 8.48. The Balaban J connectivity index is 1.93. The lowest BCUT2D eigenvalue weighted by Crippen LogP contribution is -2.03. The highest BCUT2D eigenvalue weighted by Crippen LogP contribution is 2.32. The standard InChI is InChI=1S/C27H25N/c1-21-24-18-12-4-2-3-5-13-19-26(24)28-27(23-16-10-7-11-17-23)25(21)20-22-14-8-6-9-15-22/h2-4,6-14,16-17,19-20H,5,15,18H2,1H3/b3-2-,12-4-,19-13?,22-20-. The minimum absolute atomic E-state index is 0.893. The third-order valence-corrected chi connectivity index (χ3v) is 5.19. The molecule has 0 N–H and O–H groups in total. The molecule has 0 radical (unpaired) electrons. The fraction of sp³-hybridized carbons (Fsp3) is 0.148. The van der Waals surface area contributed by atoms with Gasteiger partial charge in [-0.3, -0.25) is 0 Å². The first-order chi connectivity index (χ1) is 13.8. The normalized spacial score (nSPS) is 19.4. The molecule has 1 aromatic heterocycles. The SMILES string of the molecule is Cc1c(/C=C2/C=CC=CC2)c(-c2ccccc2)nc2c1C/C=C\C=C/CC=C2. The number of benzene rings is 1. The Hall–Kier alpha value is -3.19. The van der Waals surface area contributed by atoms with Gasteiger partial charge in [0.2, 0.25) is 0 Å². The minimum Gasteiger partial charge on any atom is -0.247 e. The third-order valence-electron chi connectivity index (χ3n) is 5.19. The van der Waals surface area contributed by atoms with Gasteiger partial charge in [-0.15, -0.1) is 0 Å². The summed E-state index contributed by atoms with van der Waals surface area (Å²) in [5, 5.41) is 0. The van der Waals surface area contributed by atoms with E-state index in [-0.39, 0.29) is 0 Å². The molecule has 2 aliphatic carbocycles. The molecule has 0 unspecified atom stereocenters. The Morgan fingerprint density at radius 1 is 0.821 bits per heavy atom. The third kappa shape index (κ3) is 4.04. The molecule has 0 fully saturated rings. The smallest absolute Gasteiger partial charge is 0.0784 e. The Morgan fingerprint density at radius 3 is 2.43 bits per heavy atom. The number of nitrogens with zero attached hydrogens (tertiary/aromatic N) is 1. The molecule has 2 aliphatic rings. The summed E-state index contributed by atoms with van der Waals surface area (Å²) in [5.74, 6) is 0. The Bertz CT molecular complexity index is 1030. The highest BCUT2D eigenvalue weighted by Gasteiger charge is 2.16. The first-order valence-corrected chi connectivity index (χ1v) is 9.94. The average molecular weight is 364 g/mol. The van der Waals surface area contributed by atoms with Gasteiger partial charge in [-0.2, -0.15) is 0 Å². The summed E-state index contributed by atoms with van der Waals surface area (Å²) in [6, 6.07) is 10.5. The molecule has 4 rings (SSSR count). The summed E-state index contributed by atoms with van der Waals surface area (Å²) < 4.78 is 0. The van der Waals surface area contributed by atoms with Crippen LogP contribution in [0.3, 0.4) is 0 Å². The van der Waals surface area contributed by atoms with Crippen LogP contribution in [0.1, 0.15) is 35.2 Å². The van der Waals surface area contributed by atoms with Gasteiger partial charge in [0.1, 0.15) is 0 Å². The van der Waals surface area contributed by atoms with Crippen molar-refractivity contribution in [2.24, 2.45) is 0 Å². The number of hydrogen-bond acceptors (Lipinski definition) is 1. The van der Waals surface area contributed by atoms with Gasteiger partial charge in [-0.1, -0.05) is 85.0 Å². The van der Waals surface area contributed by atoms with Crippen molar-refractivity contribution in [2.75, 3.05) is 0 Å². The molecule has 0 bridgehead atoms. The van der Waals surface area contributed by atoms with Crippen molar-refractivity contribution >= 4 is 12.2 Å². The quantitative estimate of drug-likeness (QED) is 0.558. The molecule has 1 heterocycles. The second-order valence-electron chi connectivity index (χ2n) is 7.14. The van der Waals surface area contributed by atoms with E-state index < -0.39 is 0 Å². The van der Waals surface area contributed by atoms with Crippen LogP contribution in [-0.2, 0) is 6.42 Å². The zero-order valence-electron chi connectivity index (χ0n) is 16.3. The van der Waals surface area contributed by atoms with E-state index in [1.54, 1.807) is 0 Å². The summed E-state index contributed by atoms with van der Waals surface area (Å²) >= 11 is 0. The van der Waals surface area contributed by atoms with Crippen LogP contribution in [0.4, 0.5) is 0 Å². The van der Waals surface area contributed by atoms with E-state index in [0.29, 0.717) is 0 Å². The van der Waals surface area contributed by atoms with E-state index >= 15 is 0 Å². The number of fused-ring (bicyclic) bond motifs is 1. The van der Waals surface area contributed by atoms with E-state index in [0.717, 1.165) is 36.2 Å². The number of pyridine rings is 1. The van der Waals surface area contributed by atoms with Gasteiger partial charge in [0, 0.05) is 11.1 Å². The molecule has 28 heavy (non-hydrogen) atoms. The molecular formula is C27H25N. The second-order valence-corrected chi connectivity index (χ2v) is 7.14. The van der Waals surface area contributed by atoms with Gasteiger partial charge in [-0.25, -0.2) is 4.98 Å². The summed E-state index contributed by atoms with van der Waals surface area (Å²) in [4.78, 5) is 5.15. The Kier molecular flexibility index (Phi) is 5.63. The van der Waals surface area contributed by atoms with Crippen LogP contribution in [0.5, 0.6) is 0 Å². The number of rotatable bonds is 2. The molecule has 1 nitrogen and oxygen atoms in total. The maximum Gasteiger partial charge on any atom is 0.0784 e. The van der Waals surface area contributed by atoms with Crippen LogP contribution in [0.15, 0.2) is 90.6 Å². The van der Waals surface area contributed by atoms with E-state index in [1.807, 2.05) is 0 Å². The van der Waals surface area contributed by atoms with Gasteiger partial charge >= 0.3 is 0 Å². The van der Waals surface area contributed by atoms with Crippen LogP contribution in [0.2, 0.25) is 0 Å². The maximum atomic E-state index is 5.15. The Morgan fingerprint density at radius 2 is 1.61 bits per heavy atom. The summed E-state index contributed by atoms with van der Waals surface area (Å²) in [6.45, 7) is 2.24. The van der Waals surface area contributed by atoms with Crippen molar-refractivity contribution in [3.05, 3.63) is 113 Å². The topological polar surface area (TPSA) is 12.9 Å². The minimum atomic E-state index is 0.893.